The predicted molar refractivity (Wildman–Crippen MR) is 84.4 cm³/mol. The summed E-state index contributed by atoms with van der Waals surface area (Å²) >= 11 is 0. The number of nitrogens with one attached hydrogen (secondary N) is 1. The van der Waals surface area contributed by atoms with Crippen LogP contribution in [0.3, 0.4) is 0 Å². The molecule has 0 bridgehead atoms. The zero-order valence-corrected chi connectivity index (χ0v) is 13.5. The van der Waals surface area contributed by atoms with Crippen molar-refractivity contribution in [3.05, 3.63) is 35.4 Å². The molecule has 1 fully saturated rings. The van der Waals surface area contributed by atoms with Crippen molar-refractivity contribution < 1.29 is 9.53 Å². The zero-order chi connectivity index (χ0) is 15.5. The lowest BCUT2D eigenvalue weighted by atomic mass is 9.97. The largest absolute Gasteiger partial charge is 0.444 e. The maximum absolute atomic E-state index is 12.2. The third kappa shape index (κ3) is 4.21. The lowest BCUT2D eigenvalue weighted by molar-refractivity contribution is 0.0195. The summed E-state index contributed by atoms with van der Waals surface area (Å²) in [5.41, 5.74) is 2.17. The van der Waals surface area contributed by atoms with Gasteiger partial charge >= 0.3 is 6.09 Å². The summed E-state index contributed by atoms with van der Waals surface area (Å²) in [5.74, 6) is 0. The molecule has 1 amide bonds. The number of amides is 1. The summed E-state index contributed by atoms with van der Waals surface area (Å²) in [6, 6.07) is 8.61. The molecule has 4 heteroatoms. The highest BCUT2D eigenvalue weighted by molar-refractivity contribution is 5.68. The first kappa shape index (κ1) is 15.8. The Bertz CT molecular complexity index is 494. The quantitative estimate of drug-likeness (QED) is 0.910. The first-order valence-corrected chi connectivity index (χ1v) is 7.70. The molecule has 1 N–H and O–H groups in total. The second kappa shape index (κ2) is 6.48. The zero-order valence-electron chi connectivity index (χ0n) is 13.5. The highest BCUT2D eigenvalue weighted by atomic mass is 16.6. The van der Waals surface area contributed by atoms with E-state index in [2.05, 4.69) is 36.5 Å². The molecule has 1 aliphatic rings. The Morgan fingerprint density at radius 2 is 2.10 bits per heavy atom. The van der Waals surface area contributed by atoms with Gasteiger partial charge < -0.3 is 15.0 Å². The molecule has 1 aromatic rings. The van der Waals surface area contributed by atoms with Crippen molar-refractivity contribution in [2.24, 2.45) is 0 Å². The smallest absolute Gasteiger partial charge is 0.410 e. The van der Waals surface area contributed by atoms with E-state index in [9.17, 15) is 4.79 Å². The van der Waals surface area contributed by atoms with E-state index in [0.29, 0.717) is 13.1 Å². The number of carbonyl (C=O) groups excluding carboxylic acids is 1. The van der Waals surface area contributed by atoms with E-state index in [1.54, 1.807) is 4.90 Å². The Kier molecular flexibility index (Phi) is 4.88. The van der Waals surface area contributed by atoms with E-state index in [1.807, 2.05) is 20.8 Å². The van der Waals surface area contributed by atoms with Gasteiger partial charge in [-0.3, -0.25) is 0 Å². The van der Waals surface area contributed by atoms with E-state index in [4.69, 9.17) is 4.74 Å². The van der Waals surface area contributed by atoms with Crippen LogP contribution >= 0.6 is 0 Å². The Labute approximate surface area is 127 Å². The monoisotopic (exact) mass is 290 g/mol. The lowest BCUT2D eigenvalue weighted by Crippen LogP contribution is -2.49. The van der Waals surface area contributed by atoms with Gasteiger partial charge in [-0.15, -0.1) is 0 Å². The summed E-state index contributed by atoms with van der Waals surface area (Å²) in [5, 5.41) is 3.51. The SMILES string of the molecule is CCc1ccccc1C1CN(C(=O)OC(C)(C)C)CCN1. The van der Waals surface area contributed by atoms with E-state index in [-0.39, 0.29) is 12.1 Å². The van der Waals surface area contributed by atoms with Crippen molar-refractivity contribution in [1.82, 2.24) is 10.2 Å². The van der Waals surface area contributed by atoms with Crippen molar-refractivity contribution in [3.8, 4) is 0 Å². The van der Waals surface area contributed by atoms with Crippen LogP contribution in [-0.4, -0.2) is 36.2 Å². The number of hydrogen-bond donors (Lipinski definition) is 1. The van der Waals surface area contributed by atoms with Crippen LogP contribution < -0.4 is 5.32 Å². The molecule has 1 atom stereocenters. The van der Waals surface area contributed by atoms with Gasteiger partial charge in [0.25, 0.3) is 0 Å². The molecule has 0 aliphatic carbocycles. The van der Waals surface area contributed by atoms with Crippen LogP contribution in [0.4, 0.5) is 4.79 Å². The van der Waals surface area contributed by atoms with Gasteiger partial charge in [0, 0.05) is 19.6 Å². The van der Waals surface area contributed by atoms with Gasteiger partial charge in [0.1, 0.15) is 5.60 Å². The summed E-state index contributed by atoms with van der Waals surface area (Å²) in [6.45, 7) is 10.0. The summed E-state index contributed by atoms with van der Waals surface area (Å²) < 4.78 is 5.48. The van der Waals surface area contributed by atoms with Crippen LogP contribution in [0.5, 0.6) is 0 Å². The van der Waals surface area contributed by atoms with Gasteiger partial charge in [-0.25, -0.2) is 4.79 Å². The molecule has 21 heavy (non-hydrogen) atoms. The van der Waals surface area contributed by atoms with Crippen LogP contribution in [0.2, 0.25) is 0 Å². The van der Waals surface area contributed by atoms with Gasteiger partial charge in [0.15, 0.2) is 0 Å². The van der Waals surface area contributed by atoms with E-state index >= 15 is 0 Å². The number of ether oxygens (including phenoxy) is 1. The molecule has 1 aliphatic heterocycles. The second-order valence-electron chi connectivity index (χ2n) is 6.49. The molecule has 1 unspecified atom stereocenters. The molecular weight excluding hydrogens is 264 g/mol. The highest BCUT2D eigenvalue weighted by Gasteiger charge is 2.28. The van der Waals surface area contributed by atoms with E-state index in [0.717, 1.165) is 13.0 Å². The first-order valence-electron chi connectivity index (χ1n) is 7.70. The van der Waals surface area contributed by atoms with Crippen LogP contribution in [0.25, 0.3) is 0 Å². The number of rotatable bonds is 2. The van der Waals surface area contributed by atoms with Crippen molar-refractivity contribution in [1.29, 1.82) is 0 Å². The molecule has 0 radical (unpaired) electrons. The summed E-state index contributed by atoms with van der Waals surface area (Å²) in [4.78, 5) is 14.0. The number of piperazine rings is 1. The lowest BCUT2D eigenvalue weighted by Gasteiger charge is -2.35. The summed E-state index contributed by atoms with van der Waals surface area (Å²) in [7, 11) is 0. The second-order valence-corrected chi connectivity index (χ2v) is 6.49. The normalized spacial score (nSPS) is 19.4. The topological polar surface area (TPSA) is 41.6 Å². The maximum Gasteiger partial charge on any atom is 0.410 e. The van der Waals surface area contributed by atoms with E-state index in [1.165, 1.54) is 11.1 Å². The fraction of sp³-hybridized carbons (Fsp3) is 0.588. The molecule has 0 saturated carbocycles. The molecule has 0 aromatic heterocycles. The van der Waals surface area contributed by atoms with Gasteiger partial charge in [0.05, 0.1) is 6.04 Å². The van der Waals surface area contributed by atoms with Crippen LogP contribution in [0, 0.1) is 0 Å². The summed E-state index contributed by atoms with van der Waals surface area (Å²) in [6.07, 6.45) is 0.781. The molecule has 4 nitrogen and oxygen atoms in total. The van der Waals surface area contributed by atoms with Crippen molar-refractivity contribution in [2.75, 3.05) is 19.6 Å². The minimum absolute atomic E-state index is 0.183. The van der Waals surface area contributed by atoms with Crippen LogP contribution in [0.15, 0.2) is 24.3 Å². The van der Waals surface area contributed by atoms with Crippen molar-refractivity contribution in [3.63, 3.8) is 0 Å². The Balaban J connectivity index is 2.09. The molecule has 0 spiro atoms. The number of benzene rings is 1. The minimum Gasteiger partial charge on any atom is -0.444 e. The molecule has 1 heterocycles. The number of nitrogens with zero attached hydrogens (tertiary/aromatic N) is 1. The fourth-order valence-corrected chi connectivity index (χ4v) is 2.65. The third-order valence-electron chi connectivity index (χ3n) is 3.64. The van der Waals surface area contributed by atoms with Crippen LogP contribution in [0.1, 0.15) is 44.9 Å². The number of carbonyl (C=O) groups is 1. The van der Waals surface area contributed by atoms with Crippen molar-refractivity contribution >= 4 is 6.09 Å². The molecule has 2 rings (SSSR count). The molecular formula is C17H26N2O2. The average molecular weight is 290 g/mol. The Hall–Kier alpha value is -1.55. The van der Waals surface area contributed by atoms with Crippen molar-refractivity contribution in [2.45, 2.75) is 45.8 Å². The van der Waals surface area contributed by atoms with Gasteiger partial charge in [-0.2, -0.15) is 0 Å². The Morgan fingerprint density at radius 1 is 1.38 bits per heavy atom. The molecule has 116 valence electrons. The number of aryl methyl sites for hydroxylation is 1. The first-order chi connectivity index (χ1) is 9.90. The Morgan fingerprint density at radius 3 is 2.76 bits per heavy atom. The minimum atomic E-state index is -0.446. The fourth-order valence-electron chi connectivity index (χ4n) is 2.65. The third-order valence-corrected chi connectivity index (χ3v) is 3.64. The standard InChI is InChI=1S/C17H26N2O2/c1-5-13-8-6-7-9-14(13)15-12-19(11-10-18-15)16(20)21-17(2,3)4/h6-9,15,18H,5,10-12H2,1-4H3. The maximum atomic E-state index is 12.2. The van der Waals surface area contributed by atoms with Gasteiger partial charge in [-0.1, -0.05) is 31.2 Å². The number of hydrogen-bond acceptors (Lipinski definition) is 3. The average Bonchev–Trinajstić information content (AvgIpc) is 2.45. The molecule has 1 saturated heterocycles. The predicted octanol–water partition coefficient (Wildman–Crippen LogP) is 3.13. The van der Waals surface area contributed by atoms with Crippen LogP contribution in [-0.2, 0) is 11.2 Å². The van der Waals surface area contributed by atoms with E-state index < -0.39 is 5.60 Å². The van der Waals surface area contributed by atoms with Gasteiger partial charge in [-0.05, 0) is 38.3 Å². The molecule has 1 aromatic carbocycles. The highest BCUT2D eigenvalue weighted by Crippen LogP contribution is 2.22. The van der Waals surface area contributed by atoms with Gasteiger partial charge in [0.2, 0.25) is 0 Å².